The largest absolute Gasteiger partial charge is 0.381 e. The second-order valence-electron chi connectivity index (χ2n) is 4.87. The Morgan fingerprint density at radius 3 is 2.61 bits per heavy atom. The van der Waals surface area contributed by atoms with Gasteiger partial charge in [-0.25, -0.2) is 0 Å². The molecule has 2 aliphatic heterocycles. The average molecular weight is 258 g/mol. The molecule has 1 unspecified atom stereocenters. The van der Waals surface area contributed by atoms with Crippen molar-refractivity contribution in [3.8, 4) is 0 Å². The van der Waals surface area contributed by atoms with Gasteiger partial charge in [-0.05, 0) is 12.8 Å². The molecule has 2 saturated heterocycles. The van der Waals surface area contributed by atoms with E-state index in [1.165, 1.54) is 0 Å². The summed E-state index contributed by atoms with van der Waals surface area (Å²) in [6, 6.07) is 0. The van der Waals surface area contributed by atoms with Gasteiger partial charge in [0.25, 0.3) is 0 Å². The van der Waals surface area contributed by atoms with Gasteiger partial charge >= 0.3 is 0 Å². The summed E-state index contributed by atoms with van der Waals surface area (Å²) in [4.78, 5) is 12.3. The molecular weight excluding hydrogens is 236 g/mol. The number of hydrogen-bond donors (Lipinski definition) is 2. The first kappa shape index (κ1) is 13.7. The van der Waals surface area contributed by atoms with Crippen LogP contribution in [0.3, 0.4) is 0 Å². The van der Waals surface area contributed by atoms with Crippen molar-refractivity contribution in [3.63, 3.8) is 0 Å². The van der Waals surface area contributed by atoms with E-state index in [1.807, 2.05) is 0 Å². The van der Waals surface area contributed by atoms with Crippen LogP contribution in [0, 0.1) is 5.41 Å². The Kier molecular flexibility index (Phi) is 4.94. The zero-order valence-corrected chi connectivity index (χ0v) is 10.7. The summed E-state index contributed by atoms with van der Waals surface area (Å²) < 4.78 is 16.1. The molecule has 2 rings (SSSR count). The van der Waals surface area contributed by atoms with Gasteiger partial charge in [0.15, 0.2) is 0 Å². The predicted molar refractivity (Wildman–Crippen MR) is 65.1 cm³/mol. The van der Waals surface area contributed by atoms with Gasteiger partial charge in [-0.15, -0.1) is 0 Å². The number of carbonyl (C=O) groups is 1. The first-order valence-electron chi connectivity index (χ1n) is 6.52. The molecule has 0 aliphatic carbocycles. The van der Waals surface area contributed by atoms with Gasteiger partial charge in [-0.2, -0.15) is 0 Å². The van der Waals surface area contributed by atoms with Crippen LogP contribution in [-0.2, 0) is 19.0 Å². The fourth-order valence-electron chi connectivity index (χ4n) is 2.33. The third-order valence-electron chi connectivity index (χ3n) is 3.70. The Hall–Kier alpha value is -0.690. The molecule has 0 saturated carbocycles. The molecule has 18 heavy (non-hydrogen) atoms. The first-order chi connectivity index (χ1) is 8.77. The van der Waals surface area contributed by atoms with Crippen LogP contribution in [0.4, 0.5) is 0 Å². The van der Waals surface area contributed by atoms with E-state index in [0.29, 0.717) is 59.0 Å². The van der Waals surface area contributed by atoms with Crippen LogP contribution in [0.1, 0.15) is 12.8 Å². The highest BCUT2D eigenvalue weighted by atomic mass is 16.6. The minimum atomic E-state index is -0.465. The minimum Gasteiger partial charge on any atom is -0.381 e. The molecule has 0 bridgehead atoms. The molecule has 0 aromatic rings. The van der Waals surface area contributed by atoms with E-state index in [4.69, 9.17) is 19.9 Å². The molecule has 1 amide bonds. The highest BCUT2D eigenvalue weighted by Crippen LogP contribution is 2.29. The Balaban J connectivity index is 1.81. The number of carbonyl (C=O) groups excluding carboxylic acids is 1. The van der Waals surface area contributed by atoms with Crippen LogP contribution >= 0.6 is 0 Å². The summed E-state index contributed by atoms with van der Waals surface area (Å²) in [5.41, 5.74) is 5.31. The number of hydrogen-bond acceptors (Lipinski definition) is 5. The summed E-state index contributed by atoms with van der Waals surface area (Å²) in [7, 11) is 0. The van der Waals surface area contributed by atoms with Crippen molar-refractivity contribution in [2.24, 2.45) is 11.1 Å². The van der Waals surface area contributed by atoms with E-state index in [0.717, 1.165) is 0 Å². The van der Waals surface area contributed by atoms with Crippen molar-refractivity contribution in [3.05, 3.63) is 0 Å². The van der Waals surface area contributed by atoms with Crippen LogP contribution in [0.2, 0.25) is 0 Å². The van der Waals surface area contributed by atoms with Crippen molar-refractivity contribution < 1.29 is 19.0 Å². The molecule has 0 radical (unpaired) electrons. The Morgan fingerprint density at radius 1 is 1.22 bits per heavy atom. The summed E-state index contributed by atoms with van der Waals surface area (Å²) in [5.74, 6) is 0.0162. The maximum absolute atomic E-state index is 12.3. The van der Waals surface area contributed by atoms with Crippen molar-refractivity contribution in [1.82, 2.24) is 5.32 Å². The SMILES string of the molecule is NCC1(C(=O)NCC2COCCO2)CCOCC1. The molecule has 2 fully saturated rings. The lowest BCUT2D eigenvalue weighted by Crippen LogP contribution is -2.51. The van der Waals surface area contributed by atoms with Gasteiger partial charge in [0.1, 0.15) is 0 Å². The summed E-state index contributed by atoms with van der Waals surface area (Å²) in [5, 5.41) is 2.93. The average Bonchev–Trinajstić information content (AvgIpc) is 2.46. The van der Waals surface area contributed by atoms with E-state index in [9.17, 15) is 4.79 Å². The molecule has 2 aliphatic rings. The smallest absolute Gasteiger partial charge is 0.227 e. The highest BCUT2D eigenvalue weighted by Gasteiger charge is 2.38. The van der Waals surface area contributed by atoms with Crippen LogP contribution in [0.15, 0.2) is 0 Å². The molecule has 0 aromatic carbocycles. The molecule has 6 heteroatoms. The number of rotatable bonds is 4. The van der Waals surface area contributed by atoms with E-state index >= 15 is 0 Å². The minimum absolute atomic E-state index is 0.0162. The van der Waals surface area contributed by atoms with E-state index in [2.05, 4.69) is 5.32 Å². The van der Waals surface area contributed by atoms with Crippen LogP contribution in [0.5, 0.6) is 0 Å². The fraction of sp³-hybridized carbons (Fsp3) is 0.917. The first-order valence-corrected chi connectivity index (χ1v) is 6.52. The maximum atomic E-state index is 12.3. The molecule has 6 nitrogen and oxygen atoms in total. The van der Waals surface area contributed by atoms with Gasteiger partial charge < -0.3 is 25.3 Å². The molecule has 0 spiro atoms. The monoisotopic (exact) mass is 258 g/mol. The van der Waals surface area contributed by atoms with Crippen LogP contribution in [0.25, 0.3) is 0 Å². The zero-order chi connectivity index (χ0) is 12.8. The number of ether oxygens (including phenoxy) is 3. The molecule has 104 valence electrons. The van der Waals surface area contributed by atoms with Gasteiger partial charge in [-0.3, -0.25) is 4.79 Å². The summed E-state index contributed by atoms with van der Waals surface area (Å²) in [6.45, 7) is 3.83. The zero-order valence-electron chi connectivity index (χ0n) is 10.7. The lowest BCUT2D eigenvalue weighted by atomic mass is 9.79. The lowest BCUT2D eigenvalue weighted by Gasteiger charge is -2.35. The van der Waals surface area contributed by atoms with Crippen molar-refractivity contribution >= 4 is 5.91 Å². The Morgan fingerprint density at radius 2 is 2.00 bits per heavy atom. The number of nitrogens with two attached hydrogens (primary N) is 1. The Bertz CT molecular complexity index is 273. The van der Waals surface area contributed by atoms with Gasteiger partial charge in [0.2, 0.25) is 5.91 Å². The van der Waals surface area contributed by atoms with Crippen molar-refractivity contribution in [2.45, 2.75) is 18.9 Å². The summed E-state index contributed by atoms with van der Waals surface area (Å²) in [6.07, 6.45) is 1.34. The van der Waals surface area contributed by atoms with E-state index in [-0.39, 0.29) is 12.0 Å². The highest BCUT2D eigenvalue weighted by molar-refractivity contribution is 5.83. The number of nitrogens with one attached hydrogen (secondary N) is 1. The summed E-state index contributed by atoms with van der Waals surface area (Å²) >= 11 is 0. The lowest BCUT2D eigenvalue weighted by molar-refractivity contribution is -0.138. The van der Waals surface area contributed by atoms with Crippen molar-refractivity contribution in [2.75, 3.05) is 46.1 Å². The molecular formula is C12H22N2O4. The second-order valence-corrected chi connectivity index (χ2v) is 4.87. The molecule has 1 atom stereocenters. The van der Waals surface area contributed by atoms with Crippen molar-refractivity contribution in [1.29, 1.82) is 0 Å². The number of amides is 1. The van der Waals surface area contributed by atoms with Crippen LogP contribution < -0.4 is 11.1 Å². The second kappa shape index (κ2) is 6.47. The standard InChI is InChI=1S/C12H22N2O4/c13-9-12(1-3-16-4-2-12)11(15)14-7-10-8-17-5-6-18-10/h10H,1-9,13H2,(H,14,15). The van der Waals surface area contributed by atoms with Gasteiger partial charge in [0.05, 0.1) is 31.3 Å². The topological polar surface area (TPSA) is 82.8 Å². The van der Waals surface area contributed by atoms with Gasteiger partial charge in [-0.1, -0.05) is 0 Å². The molecule has 3 N–H and O–H groups in total. The van der Waals surface area contributed by atoms with Crippen LogP contribution in [-0.4, -0.2) is 58.1 Å². The maximum Gasteiger partial charge on any atom is 0.227 e. The predicted octanol–water partition coefficient (Wildman–Crippen LogP) is -0.726. The normalized spacial score (nSPS) is 27.7. The molecule has 0 aromatic heterocycles. The van der Waals surface area contributed by atoms with Gasteiger partial charge in [0, 0.05) is 26.3 Å². The van der Waals surface area contributed by atoms with E-state index < -0.39 is 5.41 Å². The third kappa shape index (κ3) is 3.20. The fourth-order valence-corrected chi connectivity index (χ4v) is 2.33. The Labute approximate surface area is 107 Å². The third-order valence-corrected chi connectivity index (χ3v) is 3.70. The quantitative estimate of drug-likeness (QED) is 0.695. The van der Waals surface area contributed by atoms with E-state index in [1.54, 1.807) is 0 Å². The molecule has 2 heterocycles.